The molecule has 0 unspecified atom stereocenters. The van der Waals surface area contributed by atoms with Crippen molar-refractivity contribution in [2.45, 2.75) is 0 Å². The van der Waals surface area contributed by atoms with Crippen molar-refractivity contribution in [2.75, 3.05) is 12.5 Å². The van der Waals surface area contributed by atoms with Gasteiger partial charge in [0.1, 0.15) is 0 Å². The number of hydrogen-bond acceptors (Lipinski definition) is 4. The summed E-state index contributed by atoms with van der Waals surface area (Å²) in [5.41, 5.74) is 0. The van der Waals surface area contributed by atoms with Crippen molar-refractivity contribution in [3.8, 4) is 0 Å². The second-order valence-corrected chi connectivity index (χ2v) is 5.07. The van der Waals surface area contributed by atoms with E-state index in [2.05, 4.69) is 4.13 Å². The molecule has 0 aromatic heterocycles. The summed E-state index contributed by atoms with van der Waals surface area (Å²) in [6.07, 6.45) is 1.43. The van der Waals surface area contributed by atoms with Gasteiger partial charge in [0.2, 0.25) is 0 Å². The Morgan fingerprint density at radius 3 is 1.10 bits per heavy atom. The minimum absolute atomic E-state index is 0. The summed E-state index contributed by atoms with van der Waals surface area (Å²) in [6, 6.07) is 0. The average molecular weight is 280 g/mol. The molecule has 0 aliphatic rings. The molecule has 5 nitrogen and oxygen atoms in total. The maximum Gasteiger partial charge on any atom is 1.00 e. The molecule has 66 valence electrons. The van der Waals surface area contributed by atoms with E-state index in [4.69, 9.17) is 0 Å². The van der Waals surface area contributed by atoms with E-state index in [-0.39, 0.29) is 22.4 Å². The third-order valence-electron chi connectivity index (χ3n) is 0.271. The summed E-state index contributed by atoms with van der Waals surface area (Å²) < 4.78 is 42.9. The molecule has 10 heavy (non-hydrogen) atoms. The Kier molecular flexibility index (Phi) is 5.07. The first-order valence-corrected chi connectivity index (χ1v) is 5.54. The quantitative estimate of drug-likeness (QED) is 0.625. The normalized spacial score (nSPS) is 12.2. The predicted molar refractivity (Wildman–Crippen MR) is 33.0 cm³/mol. The van der Waals surface area contributed by atoms with Crippen LogP contribution in [-0.4, -0.2) is 29.3 Å². The molecule has 0 aliphatic heterocycles. The SMILES string of the molecule is CS(=O)(=O)[N-]S(C)(=O)=O.[Ag+]. The van der Waals surface area contributed by atoms with Crippen molar-refractivity contribution in [1.82, 2.24) is 0 Å². The van der Waals surface area contributed by atoms with Crippen LogP contribution in [0.3, 0.4) is 0 Å². The molecule has 0 aromatic rings. The smallest absolute Gasteiger partial charge is 0.437 e. The van der Waals surface area contributed by atoms with Gasteiger partial charge >= 0.3 is 22.4 Å². The molecule has 8 heteroatoms. The maximum atomic E-state index is 10.1. The molecule has 0 fully saturated rings. The van der Waals surface area contributed by atoms with Gasteiger partial charge in [-0.05, 0) is 0 Å². The van der Waals surface area contributed by atoms with Crippen LogP contribution < -0.4 is 0 Å². The molecule has 0 aliphatic carbocycles. The summed E-state index contributed by atoms with van der Waals surface area (Å²) >= 11 is 0. The fourth-order valence-corrected chi connectivity index (χ4v) is 2.21. The van der Waals surface area contributed by atoms with E-state index in [9.17, 15) is 16.8 Å². The zero-order valence-corrected chi connectivity index (χ0v) is 8.31. The van der Waals surface area contributed by atoms with Crippen LogP contribution in [-0.2, 0) is 42.4 Å². The Hall–Kier alpha value is 0.600. The largest absolute Gasteiger partial charge is 1.00 e. The van der Waals surface area contributed by atoms with Gasteiger partial charge < -0.3 is 4.13 Å². The third kappa shape index (κ3) is 11.4. The molecule has 0 saturated carbocycles. The van der Waals surface area contributed by atoms with Gasteiger partial charge in [0, 0.05) is 12.5 Å². The molecule has 0 aromatic carbocycles. The van der Waals surface area contributed by atoms with Gasteiger partial charge in [0.25, 0.3) is 0 Å². The van der Waals surface area contributed by atoms with Gasteiger partial charge in [0.05, 0.1) is 20.0 Å². The topological polar surface area (TPSA) is 82.4 Å². The Morgan fingerprint density at radius 1 is 0.900 bits per heavy atom. The van der Waals surface area contributed by atoms with Gasteiger partial charge in [-0.3, -0.25) is 0 Å². The number of rotatable bonds is 2. The third-order valence-corrected chi connectivity index (χ3v) is 2.44. The number of sulfonamides is 2. The van der Waals surface area contributed by atoms with Gasteiger partial charge in [-0.15, -0.1) is 0 Å². The van der Waals surface area contributed by atoms with Crippen molar-refractivity contribution in [1.29, 1.82) is 0 Å². The first-order chi connectivity index (χ1) is 3.71. The Labute approximate surface area is 75.8 Å². The molecule has 0 amide bonds. The van der Waals surface area contributed by atoms with Crippen molar-refractivity contribution >= 4 is 20.0 Å². The first-order valence-electron chi connectivity index (χ1n) is 1.85. The van der Waals surface area contributed by atoms with Gasteiger partial charge in [-0.1, -0.05) is 0 Å². The van der Waals surface area contributed by atoms with E-state index in [0.717, 1.165) is 0 Å². The van der Waals surface area contributed by atoms with Crippen molar-refractivity contribution < 1.29 is 39.2 Å². The van der Waals surface area contributed by atoms with Crippen LogP contribution in [0, 0.1) is 0 Å². The Bertz CT molecular complexity index is 246. The molecule has 0 bridgehead atoms. The number of hydrogen-bond donors (Lipinski definition) is 0. The van der Waals surface area contributed by atoms with Crippen molar-refractivity contribution in [2.24, 2.45) is 0 Å². The van der Waals surface area contributed by atoms with Crippen LogP contribution in [0.15, 0.2) is 0 Å². The van der Waals surface area contributed by atoms with E-state index in [1.807, 2.05) is 0 Å². The molecule has 0 spiro atoms. The van der Waals surface area contributed by atoms with Crippen LogP contribution >= 0.6 is 0 Å². The minimum Gasteiger partial charge on any atom is -0.437 e. The zero-order valence-electron chi connectivity index (χ0n) is 5.20. The van der Waals surface area contributed by atoms with Crippen LogP contribution in [0.5, 0.6) is 0 Å². The summed E-state index contributed by atoms with van der Waals surface area (Å²) in [5, 5.41) is 0. The van der Waals surface area contributed by atoms with Crippen molar-refractivity contribution in [3.63, 3.8) is 0 Å². The number of nitrogens with zero attached hydrogens (tertiary/aromatic N) is 1. The summed E-state index contributed by atoms with van der Waals surface area (Å²) in [4.78, 5) is 0. The molecular weight excluding hydrogens is 274 g/mol. The molecule has 0 atom stereocenters. The van der Waals surface area contributed by atoms with Crippen LogP contribution in [0.2, 0.25) is 0 Å². The average Bonchev–Trinajstić information content (AvgIpc) is 1.14. The van der Waals surface area contributed by atoms with Crippen molar-refractivity contribution in [3.05, 3.63) is 4.13 Å². The predicted octanol–water partition coefficient (Wildman–Crippen LogP) is -0.723. The van der Waals surface area contributed by atoms with E-state index >= 15 is 0 Å². The fraction of sp³-hybridized carbons (Fsp3) is 1.00. The van der Waals surface area contributed by atoms with Gasteiger partial charge in [0.15, 0.2) is 0 Å². The van der Waals surface area contributed by atoms with Crippen LogP contribution in [0.25, 0.3) is 4.13 Å². The summed E-state index contributed by atoms with van der Waals surface area (Å²) in [5.74, 6) is 0. The zero-order chi connectivity index (χ0) is 7.71. The van der Waals surface area contributed by atoms with Gasteiger partial charge in [-0.2, -0.15) is 0 Å². The van der Waals surface area contributed by atoms with E-state index in [0.29, 0.717) is 12.5 Å². The fourth-order valence-electron chi connectivity index (χ4n) is 0.246. The molecule has 0 N–H and O–H groups in total. The van der Waals surface area contributed by atoms with Crippen LogP contribution in [0.1, 0.15) is 0 Å². The summed E-state index contributed by atoms with van der Waals surface area (Å²) in [7, 11) is -7.49. The summed E-state index contributed by atoms with van der Waals surface area (Å²) in [6.45, 7) is 0. The molecule has 0 heterocycles. The van der Waals surface area contributed by atoms with E-state index in [1.165, 1.54) is 0 Å². The van der Waals surface area contributed by atoms with Crippen LogP contribution in [0.4, 0.5) is 0 Å². The monoisotopic (exact) mass is 279 g/mol. The molecular formula is C2H6AgNO4S2. The van der Waals surface area contributed by atoms with E-state index in [1.54, 1.807) is 0 Å². The standard InChI is InChI=1S/C2H6NO4S2.Ag/c1-8(4,5)3-9(2,6)7;/h1-2H3;/q-1;+1. The Morgan fingerprint density at radius 2 is 1.10 bits per heavy atom. The Balaban J connectivity index is 0. The minimum atomic E-state index is -3.74. The molecule has 0 saturated heterocycles. The van der Waals surface area contributed by atoms with Gasteiger partial charge in [-0.25, -0.2) is 16.8 Å². The second-order valence-electron chi connectivity index (χ2n) is 1.54. The second kappa shape index (κ2) is 3.84. The molecule has 0 radical (unpaired) electrons. The first kappa shape index (κ1) is 13.2. The maximum absolute atomic E-state index is 10.1. The molecule has 0 rings (SSSR count). The van der Waals surface area contributed by atoms with E-state index < -0.39 is 20.0 Å².